The van der Waals surface area contributed by atoms with Gasteiger partial charge in [-0.05, 0) is 26.8 Å². The van der Waals surface area contributed by atoms with Crippen LogP contribution >= 0.6 is 11.6 Å². The second kappa shape index (κ2) is 5.18. The SMILES string of the molecule is CC(C)(C)[S+]([O-])NC1(c2ncc(Cl)cc2F)COC1. The summed E-state index contributed by atoms with van der Waals surface area (Å²) in [5.41, 5.74) is -0.645. The summed E-state index contributed by atoms with van der Waals surface area (Å²) in [5, 5.41) is 0.230. The van der Waals surface area contributed by atoms with Crippen LogP contribution in [0.2, 0.25) is 5.02 Å². The molecule has 0 spiro atoms. The van der Waals surface area contributed by atoms with Crippen LogP contribution in [0, 0.1) is 5.82 Å². The lowest BCUT2D eigenvalue weighted by atomic mass is 9.93. The first-order valence-corrected chi connectivity index (χ1v) is 7.36. The van der Waals surface area contributed by atoms with Gasteiger partial charge in [0.25, 0.3) is 0 Å². The molecule has 1 aliphatic heterocycles. The first-order chi connectivity index (χ1) is 8.74. The van der Waals surface area contributed by atoms with E-state index in [1.54, 1.807) is 0 Å². The summed E-state index contributed by atoms with van der Waals surface area (Å²) in [5.74, 6) is -0.519. The molecule has 2 heterocycles. The molecular formula is C12H16ClFN2O2S. The third kappa shape index (κ3) is 3.03. The molecule has 1 fully saturated rings. The van der Waals surface area contributed by atoms with E-state index in [2.05, 4.69) is 9.71 Å². The third-order valence-corrected chi connectivity index (χ3v) is 4.70. The van der Waals surface area contributed by atoms with Crippen LogP contribution in [0.3, 0.4) is 0 Å². The number of aromatic nitrogens is 1. The topological polar surface area (TPSA) is 57.2 Å². The number of nitrogens with one attached hydrogen (secondary N) is 1. The quantitative estimate of drug-likeness (QED) is 0.869. The highest BCUT2D eigenvalue weighted by Gasteiger charge is 2.49. The molecule has 0 saturated carbocycles. The molecule has 7 heteroatoms. The maximum Gasteiger partial charge on any atom is 0.154 e. The van der Waals surface area contributed by atoms with Crippen molar-refractivity contribution in [1.82, 2.24) is 9.71 Å². The minimum absolute atomic E-state index is 0.195. The Morgan fingerprint density at radius 3 is 2.58 bits per heavy atom. The molecule has 1 saturated heterocycles. The van der Waals surface area contributed by atoms with Crippen LogP contribution in [-0.2, 0) is 21.6 Å². The fourth-order valence-electron chi connectivity index (χ4n) is 1.65. The van der Waals surface area contributed by atoms with Gasteiger partial charge in [0, 0.05) is 17.6 Å². The molecule has 19 heavy (non-hydrogen) atoms. The van der Waals surface area contributed by atoms with E-state index in [0.29, 0.717) is 0 Å². The average Bonchev–Trinajstić information content (AvgIpc) is 2.22. The largest absolute Gasteiger partial charge is 0.598 e. The molecule has 0 radical (unpaired) electrons. The van der Waals surface area contributed by atoms with Crippen molar-refractivity contribution in [2.45, 2.75) is 31.1 Å². The molecule has 4 nitrogen and oxygen atoms in total. The zero-order valence-electron chi connectivity index (χ0n) is 11.0. The van der Waals surface area contributed by atoms with Gasteiger partial charge in [-0.15, -0.1) is 4.72 Å². The van der Waals surface area contributed by atoms with Gasteiger partial charge in [0.05, 0.1) is 18.2 Å². The Hall–Kier alpha value is -0.400. The summed E-state index contributed by atoms with van der Waals surface area (Å²) >= 11 is 4.35. The minimum Gasteiger partial charge on any atom is -0.598 e. The number of ether oxygens (including phenoxy) is 1. The Bertz CT molecular complexity index is 477. The predicted molar refractivity (Wildman–Crippen MR) is 72.7 cm³/mol. The van der Waals surface area contributed by atoms with Crippen LogP contribution in [0.25, 0.3) is 0 Å². The van der Waals surface area contributed by atoms with Gasteiger partial charge in [0.1, 0.15) is 16.3 Å². The van der Waals surface area contributed by atoms with Crippen LogP contribution in [-0.4, -0.2) is 27.5 Å². The lowest BCUT2D eigenvalue weighted by Crippen LogP contribution is -2.62. The van der Waals surface area contributed by atoms with Crippen molar-refractivity contribution in [3.63, 3.8) is 0 Å². The molecule has 0 aliphatic carbocycles. The lowest BCUT2D eigenvalue weighted by molar-refractivity contribution is -0.0705. The smallest absolute Gasteiger partial charge is 0.154 e. The molecule has 0 aromatic carbocycles. The van der Waals surface area contributed by atoms with Crippen molar-refractivity contribution >= 4 is 23.0 Å². The van der Waals surface area contributed by atoms with E-state index in [1.807, 2.05) is 20.8 Å². The number of nitrogens with zero attached hydrogens (tertiary/aromatic N) is 1. The number of halogens is 2. The van der Waals surface area contributed by atoms with E-state index >= 15 is 0 Å². The highest BCUT2D eigenvalue weighted by atomic mass is 35.5. The maximum absolute atomic E-state index is 14.0. The highest BCUT2D eigenvalue weighted by molar-refractivity contribution is 7.90. The van der Waals surface area contributed by atoms with Crippen molar-refractivity contribution in [3.05, 3.63) is 28.8 Å². The van der Waals surface area contributed by atoms with Crippen LogP contribution in [0.4, 0.5) is 4.39 Å². The Morgan fingerprint density at radius 2 is 2.16 bits per heavy atom. The molecule has 0 bridgehead atoms. The van der Waals surface area contributed by atoms with Gasteiger partial charge in [0.2, 0.25) is 0 Å². The van der Waals surface area contributed by atoms with E-state index in [-0.39, 0.29) is 23.9 Å². The molecule has 1 atom stereocenters. The summed E-state index contributed by atoms with van der Waals surface area (Å²) < 4.78 is 33.8. The first-order valence-electron chi connectivity index (χ1n) is 5.84. The molecule has 1 aliphatic rings. The van der Waals surface area contributed by atoms with Gasteiger partial charge in [-0.25, -0.2) is 4.39 Å². The van der Waals surface area contributed by atoms with Crippen molar-refractivity contribution in [1.29, 1.82) is 0 Å². The van der Waals surface area contributed by atoms with Crippen LogP contribution in [0.1, 0.15) is 26.5 Å². The van der Waals surface area contributed by atoms with Gasteiger partial charge < -0.3 is 9.29 Å². The van der Waals surface area contributed by atoms with Gasteiger partial charge in [0.15, 0.2) is 5.54 Å². The van der Waals surface area contributed by atoms with Crippen LogP contribution in [0.15, 0.2) is 12.3 Å². The number of hydrogen-bond donors (Lipinski definition) is 1. The van der Waals surface area contributed by atoms with Gasteiger partial charge >= 0.3 is 0 Å². The van der Waals surface area contributed by atoms with Crippen molar-refractivity contribution in [2.75, 3.05) is 13.2 Å². The van der Waals surface area contributed by atoms with Crippen molar-refractivity contribution < 1.29 is 13.7 Å². The van der Waals surface area contributed by atoms with Gasteiger partial charge in [-0.1, -0.05) is 11.6 Å². The van der Waals surface area contributed by atoms with E-state index in [0.717, 1.165) is 0 Å². The second-order valence-electron chi connectivity index (χ2n) is 5.54. The second-order valence-corrected chi connectivity index (χ2v) is 7.94. The fourth-order valence-corrected chi connectivity index (χ4v) is 2.67. The van der Waals surface area contributed by atoms with Gasteiger partial charge in [-0.3, -0.25) is 4.98 Å². The van der Waals surface area contributed by atoms with Crippen LogP contribution < -0.4 is 4.72 Å². The minimum atomic E-state index is -1.34. The first kappa shape index (κ1) is 15.0. The average molecular weight is 307 g/mol. The molecule has 1 N–H and O–H groups in total. The molecule has 2 rings (SSSR count). The molecule has 106 valence electrons. The zero-order chi connectivity index (χ0) is 14.3. The maximum atomic E-state index is 14.0. The standard InChI is InChI=1S/C12H16ClFN2O2S/c1-11(2,3)19(17)16-12(6-18-7-12)10-9(14)4-8(13)5-15-10/h4-5,16H,6-7H2,1-3H3. The third-order valence-electron chi connectivity index (χ3n) is 2.80. The van der Waals surface area contributed by atoms with Gasteiger partial charge in [-0.2, -0.15) is 0 Å². The Balaban J connectivity index is 2.28. The Kier molecular flexibility index (Phi) is 4.09. The van der Waals surface area contributed by atoms with E-state index in [4.69, 9.17) is 16.3 Å². The Morgan fingerprint density at radius 1 is 1.53 bits per heavy atom. The molecule has 1 aromatic rings. The highest BCUT2D eigenvalue weighted by Crippen LogP contribution is 2.33. The number of hydrogen-bond acceptors (Lipinski definition) is 4. The summed E-state index contributed by atoms with van der Waals surface area (Å²) in [6.07, 6.45) is 1.38. The predicted octanol–water partition coefficient (Wildman–Crippen LogP) is 2.15. The van der Waals surface area contributed by atoms with E-state index in [9.17, 15) is 8.94 Å². The molecular weight excluding hydrogens is 291 g/mol. The molecule has 1 aromatic heterocycles. The normalized spacial score (nSPS) is 19.9. The van der Waals surface area contributed by atoms with E-state index in [1.165, 1.54) is 12.3 Å². The molecule has 1 unspecified atom stereocenters. The van der Waals surface area contributed by atoms with Crippen molar-refractivity contribution in [3.8, 4) is 0 Å². The molecule has 0 amide bonds. The summed E-state index contributed by atoms with van der Waals surface area (Å²) in [7, 11) is 0. The summed E-state index contributed by atoms with van der Waals surface area (Å²) in [6.45, 7) is 6.00. The Labute approximate surface area is 120 Å². The monoisotopic (exact) mass is 306 g/mol. The van der Waals surface area contributed by atoms with E-state index < -0.39 is 27.5 Å². The summed E-state index contributed by atoms with van der Waals surface area (Å²) in [6, 6.07) is 1.20. The number of rotatable bonds is 3. The lowest BCUT2D eigenvalue weighted by Gasteiger charge is -2.42. The number of pyridine rings is 1. The fraction of sp³-hybridized carbons (Fsp3) is 0.583. The zero-order valence-corrected chi connectivity index (χ0v) is 12.6. The van der Waals surface area contributed by atoms with Crippen molar-refractivity contribution in [2.24, 2.45) is 0 Å². The van der Waals surface area contributed by atoms with Crippen LogP contribution in [0.5, 0.6) is 0 Å². The summed E-state index contributed by atoms with van der Waals surface area (Å²) in [4.78, 5) is 4.02.